The Balaban J connectivity index is 1.91. The normalized spacial score (nSPS) is 22.0. The Kier molecular flexibility index (Phi) is 2.71. The summed E-state index contributed by atoms with van der Waals surface area (Å²) < 4.78 is 0. The smallest absolute Gasteiger partial charge is 0.192 e. The lowest BCUT2D eigenvalue weighted by molar-refractivity contribution is 0.0971. The van der Waals surface area contributed by atoms with Crippen molar-refractivity contribution in [2.45, 2.75) is 25.3 Å². The molecule has 0 aromatic carbocycles. The van der Waals surface area contributed by atoms with Crippen LogP contribution in [0.2, 0.25) is 0 Å². The van der Waals surface area contributed by atoms with Gasteiger partial charge in [-0.25, -0.2) is 4.98 Å². The van der Waals surface area contributed by atoms with Gasteiger partial charge in [-0.05, 0) is 19.4 Å². The van der Waals surface area contributed by atoms with E-state index in [2.05, 4.69) is 10.3 Å². The summed E-state index contributed by atoms with van der Waals surface area (Å²) in [5.74, 6) is 0.175. The molecule has 1 N–H and O–H groups in total. The number of carbonyl (C=O) groups excluding carboxylic acids is 1. The van der Waals surface area contributed by atoms with Crippen LogP contribution in [0.3, 0.4) is 0 Å². The Bertz CT molecular complexity index is 278. The van der Waals surface area contributed by atoms with Gasteiger partial charge in [0.1, 0.15) is 0 Å². The largest absolute Gasteiger partial charge is 0.314 e. The first-order valence-corrected chi connectivity index (χ1v) is 5.40. The maximum Gasteiger partial charge on any atom is 0.192 e. The number of ketones is 1. The number of nitrogens with zero attached hydrogens (tertiary/aromatic N) is 1. The Morgan fingerprint density at radius 2 is 2.69 bits per heavy atom. The summed E-state index contributed by atoms with van der Waals surface area (Å²) in [6.07, 6.45) is 4.60. The van der Waals surface area contributed by atoms with Crippen LogP contribution in [-0.2, 0) is 0 Å². The van der Waals surface area contributed by atoms with Crippen molar-refractivity contribution in [3.05, 3.63) is 16.6 Å². The van der Waals surface area contributed by atoms with Gasteiger partial charge < -0.3 is 5.32 Å². The van der Waals surface area contributed by atoms with E-state index in [4.69, 9.17) is 0 Å². The SMILES string of the molecule is O=C(CC1CCCN1)c1nccs1. The molecular weight excluding hydrogens is 184 g/mol. The maximum atomic E-state index is 11.6. The van der Waals surface area contributed by atoms with Gasteiger partial charge in [-0.15, -0.1) is 11.3 Å². The predicted octanol–water partition coefficient (Wildman–Crippen LogP) is 1.47. The molecule has 1 aromatic rings. The summed E-state index contributed by atoms with van der Waals surface area (Å²) in [6.45, 7) is 1.05. The van der Waals surface area contributed by atoms with E-state index in [1.165, 1.54) is 17.8 Å². The van der Waals surface area contributed by atoms with Crippen molar-refractivity contribution in [3.8, 4) is 0 Å². The maximum absolute atomic E-state index is 11.6. The number of rotatable bonds is 3. The van der Waals surface area contributed by atoms with E-state index in [1.54, 1.807) is 6.20 Å². The third-order valence-corrected chi connectivity index (χ3v) is 3.08. The highest BCUT2D eigenvalue weighted by atomic mass is 32.1. The van der Waals surface area contributed by atoms with Crippen LogP contribution in [0.25, 0.3) is 0 Å². The van der Waals surface area contributed by atoms with Crippen molar-refractivity contribution in [3.63, 3.8) is 0 Å². The van der Waals surface area contributed by atoms with Crippen LogP contribution in [0, 0.1) is 0 Å². The first-order chi connectivity index (χ1) is 6.36. The number of aromatic nitrogens is 1. The minimum Gasteiger partial charge on any atom is -0.314 e. The van der Waals surface area contributed by atoms with Crippen molar-refractivity contribution < 1.29 is 4.79 Å². The predicted molar refractivity (Wildman–Crippen MR) is 52.1 cm³/mol. The van der Waals surface area contributed by atoms with E-state index in [0.717, 1.165) is 13.0 Å². The molecule has 0 radical (unpaired) electrons. The van der Waals surface area contributed by atoms with Crippen LogP contribution >= 0.6 is 11.3 Å². The van der Waals surface area contributed by atoms with Crippen LogP contribution in [0.5, 0.6) is 0 Å². The molecule has 0 aliphatic carbocycles. The topological polar surface area (TPSA) is 42.0 Å². The first-order valence-electron chi connectivity index (χ1n) is 4.52. The fourth-order valence-corrected chi connectivity index (χ4v) is 2.19. The molecule has 1 atom stereocenters. The molecule has 2 heterocycles. The van der Waals surface area contributed by atoms with Gasteiger partial charge in [0.2, 0.25) is 0 Å². The third kappa shape index (κ3) is 2.14. The average molecular weight is 196 g/mol. The molecule has 1 aromatic heterocycles. The minimum atomic E-state index is 0.175. The van der Waals surface area contributed by atoms with E-state index in [9.17, 15) is 4.79 Å². The van der Waals surface area contributed by atoms with Crippen LogP contribution < -0.4 is 5.32 Å². The van der Waals surface area contributed by atoms with E-state index >= 15 is 0 Å². The summed E-state index contributed by atoms with van der Waals surface area (Å²) in [7, 11) is 0. The summed E-state index contributed by atoms with van der Waals surface area (Å²) >= 11 is 1.43. The molecule has 0 spiro atoms. The number of hydrogen-bond donors (Lipinski definition) is 1. The summed E-state index contributed by atoms with van der Waals surface area (Å²) in [5.41, 5.74) is 0. The zero-order valence-corrected chi connectivity index (χ0v) is 8.14. The molecule has 1 aliphatic heterocycles. The Labute approximate surface area is 81.2 Å². The second-order valence-corrected chi connectivity index (χ2v) is 4.15. The van der Waals surface area contributed by atoms with Crippen molar-refractivity contribution in [1.29, 1.82) is 0 Å². The quantitative estimate of drug-likeness (QED) is 0.744. The molecule has 13 heavy (non-hydrogen) atoms. The summed E-state index contributed by atoms with van der Waals surface area (Å²) in [4.78, 5) is 15.6. The van der Waals surface area contributed by atoms with Crippen LogP contribution in [0.4, 0.5) is 0 Å². The van der Waals surface area contributed by atoms with Crippen molar-refractivity contribution in [2.75, 3.05) is 6.54 Å². The Hall–Kier alpha value is -0.740. The minimum absolute atomic E-state index is 0.175. The molecule has 3 nitrogen and oxygen atoms in total. The monoisotopic (exact) mass is 196 g/mol. The first kappa shape index (κ1) is 8.84. The Morgan fingerprint density at radius 3 is 3.31 bits per heavy atom. The number of nitrogens with one attached hydrogen (secondary N) is 1. The van der Waals surface area contributed by atoms with Gasteiger partial charge in [0.15, 0.2) is 10.8 Å². The van der Waals surface area contributed by atoms with Gasteiger partial charge in [0, 0.05) is 24.0 Å². The number of hydrogen-bond acceptors (Lipinski definition) is 4. The lowest BCUT2D eigenvalue weighted by Gasteiger charge is -2.06. The molecule has 0 saturated carbocycles. The molecular formula is C9H12N2OS. The second-order valence-electron chi connectivity index (χ2n) is 3.26. The molecule has 0 amide bonds. The standard InChI is InChI=1S/C9H12N2OS/c12-8(9-11-4-5-13-9)6-7-2-1-3-10-7/h4-5,7,10H,1-3,6H2. The van der Waals surface area contributed by atoms with Crippen LogP contribution in [0.1, 0.15) is 29.1 Å². The fourth-order valence-electron chi connectivity index (χ4n) is 1.60. The van der Waals surface area contributed by atoms with E-state index in [0.29, 0.717) is 17.5 Å². The molecule has 70 valence electrons. The average Bonchev–Trinajstić information content (AvgIpc) is 2.74. The van der Waals surface area contributed by atoms with Gasteiger partial charge in [-0.1, -0.05) is 0 Å². The van der Waals surface area contributed by atoms with Gasteiger partial charge in [0.25, 0.3) is 0 Å². The second kappa shape index (κ2) is 3.98. The van der Waals surface area contributed by atoms with Crippen molar-refractivity contribution in [2.24, 2.45) is 0 Å². The number of thiazole rings is 1. The van der Waals surface area contributed by atoms with E-state index in [1.807, 2.05) is 5.38 Å². The van der Waals surface area contributed by atoms with Gasteiger partial charge >= 0.3 is 0 Å². The third-order valence-electron chi connectivity index (χ3n) is 2.27. The lowest BCUT2D eigenvalue weighted by atomic mass is 10.1. The number of Topliss-reactive ketones (excluding diaryl/α,β-unsaturated/α-hetero) is 1. The van der Waals surface area contributed by atoms with Crippen LogP contribution in [-0.4, -0.2) is 23.4 Å². The molecule has 1 unspecified atom stereocenters. The Morgan fingerprint density at radius 1 is 1.77 bits per heavy atom. The zero-order valence-electron chi connectivity index (χ0n) is 7.32. The zero-order chi connectivity index (χ0) is 9.10. The molecule has 2 rings (SSSR count). The highest BCUT2D eigenvalue weighted by molar-refractivity contribution is 7.11. The molecule has 1 saturated heterocycles. The molecule has 4 heteroatoms. The highest BCUT2D eigenvalue weighted by Crippen LogP contribution is 2.14. The molecule has 1 aliphatic rings. The summed E-state index contributed by atoms with van der Waals surface area (Å²) in [6, 6.07) is 0.386. The van der Waals surface area contributed by atoms with Gasteiger partial charge in [-0.3, -0.25) is 4.79 Å². The molecule has 0 bridgehead atoms. The van der Waals surface area contributed by atoms with E-state index < -0.39 is 0 Å². The fraction of sp³-hybridized carbons (Fsp3) is 0.556. The van der Waals surface area contributed by atoms with Crippen molar-refractivity contribution in [1.82, 2.24) is 10.3 Å². The van der Waals surface area contributed by atoms with E-state index in [-0.39, 0.29) is 5.78 Å². The lowest BCUT2D eigenvalue weighted by Crippen LogP contribution is -2.24. The van der Waals surface area contributed by atoms with Gasteiger partial charge in [-0.2, -0.15) is 0 Å². The number of carbonyl (C=O) groups is 1. The summed E-state index contributed by atoms with van der Waals surface area (Å²) in [5, 5.41) is 5.79. The van der Waals surface area contributed by atoms with Crippen LogP contribution in [0.15, 0.2) is 11.6 Å². The van der Waals surface area contributed by atoms with Gasteiger partial charge in [0.05, 0.1) is 0 Å². The van der Waals surface area contributed by atoms with Crippen molar-refractivity contribution >= 4 is 17.1 Å². The molecule has 1 fully saturated rings. The highest BCUT2D eigenvalue weighted by Gasteiger charge is 2.19.